The van der Waals surface area contributed by atoms with Gasteiger partial charge in [-0.15, -0.1) is 0 Å². The molecule has 0 spiro atoms. The summed E-state index contributed by atoms with van der Waals surface area (Å²) >= 11 is 0. The maximum Gasteiger partial charge on any atom is 0.263 e. The molecule has 5 heteroatoms. The van der Waals surface area contributed by atoms with Crippen LogP contribution in [-0.4, -0.2) is 39.0 Å². The fourth-order valence-electron chi connectivity index (χ4n) is 2.26. The third-order valence-electron chi connectivity index (χ3n) is 3.64. The number of aliphatic hydroxyl groups is 1. The van der Waals surface area contributed by atoms with E-state index in [1.807, 2.05) is 13.8 Å². The van der Waals surface area contributed by atoms with Crippen LogP contribution < -0.4 is 0 Å². The predicted molar refractivity (Wildman–Crippen MR) is 65.1 cm³/mol. The zero-order chi connectivity index (χ0) is 13.3. The fourth-order valence-corrected chi connectivity index (χ4v) is 2.26. The number of amides is 2. The van der Waals surface area contributed by atoms with Gasteiger partial charge in [0.15, 0.2) is 0 Å². The van der Waals surface area contributed by atoms with E-state index in [1.165, 1.54) is 17.3 Å². The summed E-state index contributed by atoms with van der Waals surface area (Å²) < 4.78 is 0. The molecule has 0 fully saturated rings. The van der Waals surface area contributed by atoms with Crippen LogP contribution >= 0.6 is 0 Å². The Bertz CT molecular complexity index is 466. The zero-order valence-electron chi connectivity index (χ0n) is 10.5. The summed E-state index contributed by atoms with van der Waals surface area (Å²) in [7, 11) is 0. The minimum Gasteiger partial charge on any atom is -0.396 e. The van der Waals surface area contributed by atoms with Gasteiger partial charge in [0.25, 0.3) is 11.8 Å². The minimum atomic E-state index is -0.651. The summed E-state index contributed by atoms with van der Waals surface area (Å²) in [5.74, 6) is -0.615. The lowest BCUT2D eigenvalue weighted by molar-refractivity contribution is 0.0390. The molecule has 0 radical (unpaired) electrons. The Morgan fingerprint density at radius 3 is 2.56 bits per heavy atom. The lowest BCUT2D eigenvalue weighted by atomic mass is 9.92. The lowest BCUT2D eigenvalue weighted by Crippen LogP contribution is -2.49. The molecule has 1 aromatic heterocycles. The van der Waals surface area contributed by atoms with Gasteiger partial charge in [-0.3, -0.25) is 19.5 Å². The molecule has 1 aliphatic rings. The zero-order valence-corrected chi connectivity index (χ0v) is 10.5. The largest absolute Gasteiger partial charge is 0.396 e. The molecule has 96 valence electrons. The van der Waals surface area contributed by atoms with Gasteiger partial charge in [0.05, 0.1) is 16.7 Å². The molecule has 2 heterocycles. The molecule has 1 unspecified atom stereocenters. The monoisotopic (exact) mass is 248 g/mol. The van der Waals surface area contributed by atoms with Crippen LogP contribution in [0.4, 0.5) is 0 Å². The lowest BCUT2D eigenvalue weighted by Gasteiger charge is -2.36. The molecule has 1 N–H and O–H groups in total. The van der Waals surface area contributed by atoms with E-state index in [-0.39, 0.29) is 18.4 Å². The smallest absolute Gasteiger partial charge is 0.263 e. The molecular formula is C13H16N2O3. The molecule has 0 saturated carbocycles. The van der Waals surface area contributed by atoms with Crippen LogP contribution in [0.15, 0.2) is 18.5 Å². The van der Waals surface area contributed by atoms with E-state index in [1.54, 1.807) is 6.07 Å². The second kappa shape index (κ2) is 4.49. The third kappa shape index (κ3) is 1.71. The van der Waals surface area contributed by atoms with E-state index in [9.17, 15) is 9.59 Å². The Balaban J connectivity index is 2.44. The van der Waals surface area contributed by atoms with Crippen LogP contribution in [0.25, 0.3) is 0 Å². The minimum absolute atomic E-state index is 0.0595. The SMILES string of the molecule is CCC(C)(CCO)N1C(=O)c2ccncc2C1=O. The number of rotatable bonds is 4. The van der Waals surface area contributed by atoms with Crippen LogP contribution in [0.5, 0.6) is 0 Å². The standard InChI is InChI=1S/C13H16N2O3/c1-3-13(2,5-7-16)15-11(17)9-4-6-14-8-10(9)12(15)18/h4,6,8,16H,3,5,7H2,1-2H3. The molecule has 2 rings (SSSR count). The maximum absolute atomic E-state index is 12.3. The number of hydrogen-bond acceptors (Lipinski definition) is 4. The summed E-state index contributed by atoms with van der Waals surface area (Å²) in [6.07, 6.45) is 3.91. The first-order valence-corrected chi connectivity index (χ1v) is 5.99. The van der Waals surface area contributed by atoms with Gasteiger partial charge < -0.3 is 5.11 Å². The number of carbonyl (C=O) groups is 2. The van der Waals surface area contributed by atoms with Crippen molar-refractivity contribution in [1.82, 2.24) is 9.88 Å². The number of carbonyl (C=O) groups excluding carboxylic acids is 2. The third-order valence-corrected chi connectivity index (χ3v) is 3.64. The molecule has 0 aromatic carbocycles. The molecule has 5 nitrogen and oxygen atoms in total. The normalized spacial score (nSPS) is 17.8. The van der Waals surface area contributed by atoms with Gasteiger partial charge >= 0.3 is 0 Å². The first-order valence-electron chi connectivity index (χ1n) is 5.99. The summed E-state index contributed by atoms with van der Waals surface area (Å²) in [4.78, 5) is 29.7. The van der Waals surface area contributed by atoms with Crippen molar-refractivity contribution in [2.75, 3.05) is 6.61 Å². The Kier molecular flexibility index (Phi) is 3.17. The number of aromatic nitrogens is 1. The van der Waals surface area contributed by atoms with Crippen LogP contribution in [0.2, 0.25) is 0 Å². The van der Waals surface area contributed by atoms with Crippen LogP contribution in [-0.2, 0) is 0 Å². The summed E-state index contributed by atoms with van der Waals surface area (Å²) in [5.41, 5.74) is 0.0924. The second-order valence-corrected chi connectivity index (χ2v) is 4.69. The quantitative estimate of drug-likeness (QED) is 0.813. The highest BCUT2D eigenvalue weighted by Crippen LogP contribution is 2.32. The van der Waals surface area contributed by atoms with Crippen molar-refractivity contribution in [3.63, 3.8) is 0 Å². The van der Waals surface area contributed by atoms with E-state index in [0.717, 1.165) is 0 Å². The fraction of sp³-hybridized carbons (Fsp3) is 0.462. The Labute approximate surface area is 105 Å². The van der Waals surface area contributed by atoms with Crippen molar-refractivity contribution in [3.05, 3.63) is 29.6 Å². The van der Waals surface area contributed by atoms with E-state index in [0.29, 0.717) is 24.0 Å². The van der Waals surface area contributed by atoms with Crippen LogP contribution in [0, 0.1) is 0 Å². The molecule has 1 atom stereocenters. The number of hydrogen-bond donors (Lipinski definition) is 1. The molecule has 1 aliphatic heterocycles. The molecule has 18 heavy (non-hydrogen) atoms. The highest BCUT2D eigenvalue weighted by molar-refractivity contribution is 6.21. The Morgan fingerprint density at radius 1 is 1.33 bits per heavy atom. The van der Waals surface area contributed by atoms with Crippen molar-refractivity contribution in [1.29, 1.82) is 0 Å². The maximum atomic E-state index is 12.3. The van der Waals surface area contributed by atoms with Crippen molar-refractivity contribution in [2.24, 2.45) is 0 Å². The Hall–Kier alpha value is -1.75. The average molecular weight is 248 g/mol. The number of nitrogens with zero attached hydrogens (tertiary/aromatic N) is 2. The number of imide groups is 1. The highest BCUT2D eigenvalue weighted by atomic mass is 16.3. The van der Waals surface area contributed by atoms with Crippen molar-refractivity contribution in [3.8, 4) is 0 Å². The van der Waals surface area contributed by atoms with Gasteiger partial charge in [-0.1, -0.05) is 6.92 Å². The van der Waals surface area contributed by atoms with E-state index >= 15 is 0 Å². The first-order chi connectivity index (χ1) is 8.55. The number of aliphatic hydroxyl groups excluding tert-OH is 1. The molecule has 0 aliphatic carbocycles. The van der Waals surface area contributed by atoms with Gasteiger partial charge in [0.1, 0.15) is 0 Å². The molecule has 0 bridgehead atoms. The molecule has 1 aromatic rings. The van der Waals surface area contributed by atoms with Gasteiger partial charge in [0, 0.05) is 19.0 Å². The van der Waals surface area contributed by atoms with E-state index < -0.39 is 5.54 Å². The van der Waals surface area contributed by atoms with E-state index in [2.05, 4.69) is 4.98 Å². The average Bonchev–Trinajstić information content (AvgIpc) is 2.63. The topological polar surface area (TPSA) is 70.5 Å². The first kappa shape index (κ1) is 12.7. The molecule has 2 amide bonds. The molecule has 0 saturated heterocycles. The van der Waals surface area contributed by atoms with Crippen molar-refractivity contribution in [2.45, 2.75) is 32.2 Å². The van der Waals surface area contributed by atoms with Crippen LogP contribution in [0.3, 0.4) is 0 Å². The predicted octanol–water partition coefficient (Wildman–Crippen LogP) is 1.23. The highest BCUT2D eigenvalue weighted by Gasteiger charge is 2.45. The van der Waals surface area contributed by atoms with E-state index in [4.69, 9.17) is 5.11 Å². The summed E-state index contributed by atoms with van der Waals surface area (Å²) in [6, 6.07) is 1.56. The second-order valence-electron chi connectivity index (χ2n) is 4.69. The van der Waals surface area contributed by atoms with Crippen molar-refractivity contribution < 1.29 is 14.7 Å². The van der Waals surface area contributed by atoms with Gasteiger partial charge in [-0.25, -0.2) is 0 Å². The Morgan fingerprint density at radius 2 is 2.00 bits per heavy atom. The number of fused-ring (bicyclic) bond motifs is 1. The van der Waals surface area contributed by atoms with Gasteiger partial charge in [-0.2, -0.15) is 0 Å². The molecular weight excluding hydrogens is 232 g/mol. The number of pyridine rings is 1. The van der Waals surface area contributed by atoms with Crippen LogP contribution in [0.1, 0.15) is 47.4 Å². The van der Waals surface area contributed by atoms with Gasteiger partial charge in [0.2, 0.25) is 0 Å². The summed E-state index contributed by atoms with van der Waals surface area (Å²) in [6.45, 7) is 3.66. The van der Waals surface area contributed by atoms with Crippen molar-refractivity contribution >= 4 is 11.8 Å². The van der Waals surface area contributed by atoms with Gasteiger partial charge in [-0.05, 0) is 25.8 Å². The summed E-state index contributed by atoms with van der Waals surface area (Å²) in [5, 5.41) is 9.12.